The summed E-state index contributed by atoms with van der Waals surface area (Å²) in [6.07, 6.45) is 0.666. The number of pyridine rings is 1. The molecule has 9 nitrogen and oxygen atoms in total. The average Bonchev–Trinajstić information content (AvgIpc) is 3.38. The number of fused-ring (bicyclic) bond motifs is 2. The molecule has 5 rings (SSSR count). The van der Waals surface area contributed by atoms with Crippen molar-refractivity contribution >= 4 is 28.4 Å². The number of imidazole rings is 1. The topological polar surface area (TPSA) is 119 Å². The van der Waals surface area contributed by atoms with Gasteiger partial charge in [-0.25, -0.2) is 18.7 Å². The summed E-state index contributed by atoms with van der Waals surface area (Å²) >= 11 is 0. The highest BCUT2D eigenvalue weighted by molar-refractivity contribution is 5.89. The Morgan fingerprint density at radius 3 is 2.78 bits per heavy atom. The van der Waals surface area contributed by atoms with Crippen LogP contribution in [0.5, 0.6) is 5.88 Å². The first-order valence-corrected chi connectivity index (χ1v) is 10.6. The Bertz CT molecular complexity index is 1310. The van der Waals surface area contributed by atoms with Crippen molar-refractivity contribution in [1.82, 2.24) is 29.1 Å². The first kappa shape index (κ1) is 20.4. The van der Waals surface area contributed by atoms with Crippen LogP contribution in [0, 0.1) is 12.8 Å². The van der Waals surface area contributed by atoms with E-state index >= 15 is 0 Å². The van der Waals surface area contributed by atoms with Gasteiger partial charge >= 0.3 is 0 Å². The van der Waals surface area contributed by atoms with Crippen LogP contribution in [-0.4, -0.2) is 46.7 Å². The number of rotatable bonds is 5. The molecule has 1 aliphatic carbocycles. The predicted molar refractivity (Wildman–Crippen MR) is 117 cm³/mol. The van der Waals surface area contributed by atoms with E-state index in [2.05, 4.69) is 32.3 Å². The van der Waals surface area contributed by atoms with Crippen LogP contribution in [0.4, 0.5) is 20.5 Å². The minimum absolute atomic E-state index is 0.119. The van der Waals surface area contributed by atoms with Gasteiger partial charge in [0.25, 0.3) is 6.43 Å². The Kier molecular flexibility index (Phi) is 4.83. The van der Waals surface area contributed by atoms with E-state index in [9.17, 15) is 13.9 Å². The van der Waals surface area contributed by atoms with Gasteiger partial charge in [0.2, 0.25) is 11.8 Å². The Morgan fingerprint density at radius 2 is 2.06 bits per heavy atom. The lowest BCUT2D eigenvalue weighted by atomic mass is 10.1. The van der Waals surface area contributed by atoms with Gasteiger partial charge in [-0.1, -0.05) is 6.92 Å². The summed E-state index contributed by atoms with van der Waals surface area (Å²) in [6.45, 7) is 3.37. The monoisotopic (exact) mass is 442 g/mol. The molecular formula is C21H24F2N8O. The van der Waals surface area contributed by atoms with Crippen molar-refractivity contribution in [3.63, 3.8) is 0 Å². The second-order valence-corrected chi connectivity index (χ2v) is 8.46. The van der Waals surface area contributed by atoms with Gasteiger partial charge in [-0.15, -0.1) is 5.10 Å². The number of hydrogen-bond donors (Lipinski definition) is 3. The van der Waals surface area contributed by atoms with Gasteiger partial charge in [-0.2, -0.15) is 9.50 Å². The van der Waals surface area contributed by atoms with Crippen molar-refractivity contribution in [1.29, 1.82) is 0 Å². The number of aromatic hydroxyl groups is 1. The summed E-state index contributed by atoms with van der Waals surface area (Å²) in [7, 11) is 0. The molecule has 1 aliphatic rings. The number of nitrogen functional groups attached to an aromatic ring is 1. The predicted octanol–water partition coefficient (Wildman–Crippen LogP) is 3.60. The zero-order valence-electron chi connectivity index (χ0n) is 17.8. The van der Waals surface area contributed by atoms with Crippen LogP contribution in [0.25, 0.3) is 27.9 Å². The van der Waals surface area contributed by atoms with Crippen molar-refractivity contribution in [2.45, 2.75) is 52.1 Å². The van der Waals surface area contributed by atoms with Crippen molar-refractivity contribution in [3.05, 3.63) is 24.0 Å². The van der Waals surface area contributed by atoms with E-state index < -0.39 is 13.0 Å². The van der Waals surface area contributed by atoms with Crippen LogP contribution in [0.3, 0.4) is 0 Å². The Morgan fingerprint density at radius 1 is 1.25 bits per heavy atom. The fourth-order valence-corrected chi connectivity index (χ4v) is 4.52. The van der Waals surface area contributed by atoms with E-state index in [0.717, 1.165) is 19.3 Å². The fraction of sp³-hybridized carbons (Fsp3) is 0.429. The molecule has 168 valence electrons. The SMILES string of the molecule is Cc1nc2ccc(-c3cc(O)n4nc(NC5CCC(C)C5)nc(N)c34)nc2n1CC(F)F. The van der Waals surface area contributed by atoms with E-state index in [0.29, 0.717) is 45.6 Å². The number of nitrogens with zero attached hydrogens (tertiary/aromatic N) is 6. The second kappa shape index (κ2) is 7.57. The van der Waals surface area contributed by atoms with E-state index in [1.807, 2.05) is 0 Å². The number of nitrogens with one attached hydrogen (secondary N) is 1. The van der Waals surface area contributed by atoms with E-state index in [1.165, 1.54) is 15.1 Å². The lowest BCUT2D eigenvalue weighted by Crippen LogP contribution is -2.19. The molecule has 2 atom stereocenters. The summed E-state index contributed by atoms with van der Waals surface area (Å²) in [6, 6.07) is 5.18. The number of halogens is 2. The first-order chi connectivity index (χ1) is 15.3. The summed E-state index contributed by atoms with van der Waals surface area (Å²) < 4.78 is 28.8. The molecular weight excluding hydrogens is 418 g/mol. The maximum absolute atomic E-state index is 13.0. The third-order valence-electron chi connectivity index (χ3n) is 6.03. The van der Waals surface area contributed by atoms with Crippen LogP contribution >= 0.6 is 0 Å². The molecule has 4 aromatic rings. The molecule has 0 spiro atoms. The molecule has 0 radical (unpaired) electrons. The van der Waals surface area contributed by atoms with Gasteiger partial charge in [0.05, 0.1) is 12.2 Å². The fourth-order valence-electron chi connectivity index (χ4n) is 4.52. The molecule has 0 saturated heterocycles. The molecule has 0 aromatic carbocycles. The van der Waals surface area contributed by atoms with Gasteiger partial charge in [-0.05, 0) is 44.2 Å². The molecule has 0 aliphatic heterocycles. The van der Waals surface area contributed by atoms with E-state index in [1.54, 1.807) is 19.1 Å². The molecule has 2 unspecified atom stereocenters. The Balaban J connectivity index is 1.58. The Hall–Kier alpha value is -3.50. The first-order valence-electron chi connectivity index (χ1n) is 10.6. The standard InChI is InChI=1S/C21H24F2N8O/c1-10-3-4-12(7-10)26-21-28-19(24)18-13(8-17(32)31(18)29-21)14-5-6-15-20(27-14)30(9-16(22)23)11(2)25-15/h5-6,8,10,12,16,32H,3-4,7,9H2,1-2H3,(H3,24,26,28,29). The van der Waals surface area contributed by atoms with Gasteiger partial charge in [-0.3, -0.25) is 0 Å². The lowest BCUT2D eigenvalue weighted by molar-refractivity contribution is 0.127. The molecule has 4 aromatic heterocycles. The summed E-state index contributed by atoms with van der Waals surface area (Å²) in [4.78, 5) is 13.3. The van der Waals surface area contributed by atoms with Gasteiger partial charge in [0.15, 0.2) is 11.5 Å². The maximum atomic E-state index is 13.0. The largest absolute Gasteiger partial charge is 0.493 e. The molecule has 4 heterocycles. The zero-order valence-corrected chi connectivity index (χ0v) is 17.8. The molecule has 0 amide bonds. The molecule has 1 fully saturated rings. The molecule has 11 heteroatoms. The van der Waals surface area contributed by atoms with Crippen molar-refractivity contribution in [2.75, 3.05) is 11.1 Å². The normalized spacial score (nSPS) is 18.9. The molecule has 4 N–H and O–H groups in total. The molecule has 32 heavy (non-hydrogen) atoms. The van der Waals surface area contributed by atoms with Crippen LogP contribution in [0.2, 0.25) is 0 Å². The quantitative estimate of drug-likeness (QED) is 0.432. The highest BCUT2D eigenvalue weighted by Crippen LogP contribution is 2.34. The maximum Gasteiger partial charge on any atom is 0.256 e. The molecule has 0 bridgehead atoms. The summed E-state index contributed by atoms with van der Waals surface area (Å²) in [5, 5.41) is 18.3. The smallest absolute Gasteiger partial charge is 0.256 e. The number of nitrogens with two attached hydrogens (primary N) is 1. The summed E-state index contributed by atoms with van der Waals surface area (Å²) in [5.41, 5.74) is 8.46. The highest BCUT2D eigenvalue weighted by atomic mass is 19.3. The number of alkyl halides is 2. The van der Waals surface area contributed by atoms with E-state index in [4.69, 9.17) is 5.73 Å². The number of hydrogen-bond acceptors (Lipinski definition) is 7. The second-order valence-electron chi connectivity index (χ2n) is 8.46. The van der Waals surface area contributed by atoms with Crippen molar-refractivity contribution in [2.24, 2.45) is 5.92 Å². The Labute approximate surface area is 182 Å². The minimum atomic E-state index is -2.53. The molecule has 1 saturated carbocycles. The number of anilines is 2. The third kappa shape index (κ3) is 3.47. The highest BCUT2D eigenvalue weighted by Gasteiger charge is 2.24. The minimum Gasteiger partial charge on any atom is -0.493 e. The average molecular weight is 442 g/mol. The summed E-state index contributed by atoms with van der Waals surface area (Å²) in [5.74, 6) is 1.51. The van der Waals surface area contributed by atoms with Crippen LogP contribution in [0.1, 0.15) is 32.0 Å². The van der Waals surface area contributed by atoms with Gasteiger partial charge in [0.1, 0.15) is 16.9 Å². The van der Waals surface area contributed by atoms with Crippen LogP contribution in [0.15, 0.2) is 18.2 Å². The number of aromatic nitrogens is 6. The van der Waals surface area contributed by atoms with Crippen LogP contribution < -0.4 is 11.1 Å². The van der Waals surface area contributed by atoms with Gasteiger partial charge < -0.3 is 20.7 Å². The van der Waals surface area contributed by atoms with E-state index in [-0.39, 0.29) is 17.7 Å². The van der Waals surface area contributed by atoms with Crippen LogP contribution in [-0.2, 0) is 6.54 Å². The zero-order chi connectivity index (χ0) is 22.6. The van der Waals surface area contributed by atoms with Gasteiger partial charge in [0, 0.05) is 17.7 Å². The third-order valence-corrected chi connectivity index (χ3v) is 6.03. The van der Waals surface area contributed by atoms with Crippen molar-refractivity contribution < 1.29 is 13.9 Å². The number of aryl methyl sites for hydroxylation is 1. The lowest BCUT2D eigenvalue weighted by Gasteiger charge is -2.13. The van der Waals surface area contributed by atoms with Crippen molar-refractivity contribution in [3.8, 4) is 17.1 Å².